The highest BCUT2D eigenvalue weighted by atomic mass is 16.5. The number of H-pyrrole nitrogens is 1. The number of hydrogen-bond donors (Lipinski definition) is 1. The van der Waals surface area contributed by atoms with Crippen LogP contribution in [0.1, 0.15) is 56.3 Å². The van der Waals surface area contributed by atoms with E-state index in [2.05, 4.69) is 14.8 Å². The van der Waals surface area contributed by atoms with Gasteiger partial charge < -0.3 is 14.6 Å². The first kappa shape index (κ1) is 21.8. The van der Waals surface area contributed by atoms with Gasteiger partial charge in [-0.1, -0.05) is 0 Å². The van der Waals surface area contributed by atoms with Crippen molar-refractivity contribution in [1.29, 1.82) is 0 Å². The number of anilines is 1. The van der Waals surface area contributed by atoms with E-state index >= 15 is 0 Å². The molecule has 1 aromatic carbocycles. The van der Waals surface area contributed by atoms with E-state index in [1.807, 2.05) is 31.2 Å². The highest BCUT2D eigenvalue weighted by molar-refractivity contribution is 6.03. The number of ether oxygens (including phenoxy) is 1. The largest absolute Gasteiger partial charge is 0.465 e. The molecule has 1 aliphatic heterocycles. The fourth-order valence-electron chi connectivity index (χ4n) is 4.05. The van der Waals surface area contributed by atoms with Crippen molar-refractivity contribution in [1.82, 2.24) is 9.88 Å². The number of aryl methyl sites for hydroxylation is 1. The Hall–Kier alpha value is -2.93. The first-order valence-electron chi connectivity index (χ1n) is 10.2. The van der Waals surface area contributed by atoms with Gasteiger partial charge in [-0.3, -0.25) is 14.5 Å². The smallest absolute Gasteiger partial charge is 0.339 e. The highest BCUT2D eigenvalue weighted by Crippen LogP contribution is 2.23. The Morgan fingerprint density at radius 2 is 1.63 bits per heavy atom. The average Bonchev–Trinajstić information content (AvgIpc) is 3.06. The van der Waals surface area contributed by atoms with E-state index in [0.29, 0.717) is 28.1 Å². The molecule has 1 aliphatic rings. The summed E-state index contributed by atoms with van der Waals surface area (Å²) in [6.07, 6.45) is 0. The number of nitrogens with zero attached hydrogens (tertiary/aromatic N) is 2. The zero-order valence-corrected chi connectivity index (χ0v) is 18.2. The maximum absolute atomic E-state index is 13.1. The molecule has 1 saturated heterocycles. The Kier molecular flexibility index (Phi) is 6.41. The number of Topliss-reactive ketones (excluding diaryl/α,β-unsaturated/α-hetero) is 2. The van der Waals surface area contributed by atoms with Crippen LogP contribution in [0.3, 0.4) is 0 Å². The quantitative estimate of drug-likeness (QED) is 0.581. The van der Waals surface area contributed by atoms with E-state index < -0.39 is 5.97 Å². The van der Waals surface area contributed by atoms with Crippen LogP contribution in [-0.2, 0) is 4.74 Å². The van der Waals surface area contributed by atoms with Crippen LogP contribution in [0.5, 0.6) is 0 Å². The number of carbonyl (C=O) groups is 3. The van der Waals surface area contributed by atoms with Crippen LogP contribution in [0, 0.1) is 13.8 Å². The molecule has 0 spiro atoms. The lowest BCUT2D eigenvalue weighted by atomic mass is 10.0. The number of carbonyl (C=O) groups excluding carboxylic acids is 3. The molecular weight excluding hydrogens is 382 g/mol. The molecule has 0 unspecified atom stereocenters. The number of hydrogen-bond acceptors (Lipinski definition) is 6. The Morgan fingerprint density at radius 1 is 1.03 bits per heavy atom. The van der Waals surface area contributed by atoms with Crippen molar-refractivity contribution in [2.75, 3.05) is 38.2 Å². The summed E-state index contributed by atoms with van der Waals surface area (Å²) in [5, 5.41) is 0. The zero-order chi connectivity index (χ0) is 22.0. The first-order valence-corrected chi connectivity index (χ1v) is 10.2. The predicted molar refractivity (Wildman–Crippen MR) is 116 cm³/mol. The van der Waals surface area contributed by atoms with Crippen LogP contribution in [0.2, 0.25) is 0 Å². The van der Waals surface area contributed by atoms with Gasteiger partial charge in [0.15, 0.2) is 11.6 Å². The Labute approximate surface area is 177 Å². The van der Waals surface area contributed by atoms with Gasteiger partial charge in [-0.2, -0.15) is 0 Å². The molecule has 0 radical (unpaired) electrons. The fraction of sp³-hybridized carbons (Fsp3) is 0.435. The lowest BCUT2D eigenvalue weighted by Gasteiger charge is -2.38. The minimum atomic E-state index is -0.433. The predicted octanol–water partition coefficient (Wildman–Crippen LogP) is 3.01. The van der Waals surface area contributed by atoms with Crippen LogP contribution in [0.15, 0.2) is 24.3 Å². The highest BCUT2D eigenvalue weighted by Gasteiger charge is 2.30. The first-order chi connectivity index (χ1) is 14.2. The summed E-state index contributed by atoms with van der Waals surface area (Å²) in [7, 11) is 1.34. The molecule has 0 saturated carbocycles. The van der Waals surface area contributed by atoms with E-state index in [1.165, 1.54) is 7.11 Å². The molecule has 7 heteroatoms. The van der Waals surface area contributed by atoms with E-state index in [-0.39, 0.29) is 17.6 Å². The molecule has 1 N–H and O–H groups in total. The van der Waals surface area contributed by atoms with Gasteiger partial charge in [0.05, 0.1) is 24.4 Å². The lowest BCUT2D eigenvalue weighted by Crippen LogP contribution is -2.51. The zero-order valence-electron chi connectivity index (χ0n) is 18.2. The Bertz CT molecular complexity index is 954. The number of esters is 1. The summed E-state index contributed by atoms with van der Waals surface area (Å²) in [4.78, 5) is 44.1. The Morgan fingerprint density at radius 3 is 2.17 bits per heavy atom. The van der Waals surface area contributed by atoms with Gasteiger partial charge in [-0.05, 0) is 57.5 Å². The Balaban J connectivity index is 1.66. The number of nitrogens with one attached hydrogen (secondary N) is 1. The normalized spacial score (nSPS) is 15.7. The minimum Gasteiger partial charge on any atom is -0.465 e. The van der Waals surface area contributed by atoms with Crippen LogP contribution < -0.4 is 4.90 Å². The summed E-state index contributed by atoms with van der Waals surface area (Å²) in [6, 6.07) is 7.35. The number of piperazine rings is 1. The van der Waals surface area contributed by atoms with Crippen molar-refractivity contribution in [3.63, 3.8) is 0 Å². The number of ketones is 2. The summed E-state index contributed by atoms with van der Waals surface area (Å²) >= 11 is 0. The third-order valence-corrected chi connectivity index (χ3v) is 5.95. The second kappa shape index (κ2) is 8.83. The number of methoxy groups -OCH3 is 1. The summed E-state index contributed by atoms with van der Waals surface area (Å²) in [5.41, 5.74) is 3.99. The van der Waals surface area contributed by atoms with Crippen molar-refractivity contribution >= 4 is 23.2 Å². The maximum atomic E-state index is 13.1. The van der Waals surface area contributed by atoms with Crippen LogP contribution in [0.25, 0.3) is 0 Å². The molecule has 1 aromatic heterocycles. The number of aromatic amines is 1. The summed E-state index contributed by atoms with van der Waals surface area (Å²) in [6.45, 7) is 10.1. The van der Waals surface area contributed by atoms with Crippen LogP contribution >= 0.6 is 0 Å². The second-order valence-corrected chi connectivity index (χ2v) is 7.78. The topological polar surface area (TPSA) is 82.7 Å². The standard InChI is InChI=1S/C23H29N3O4/c1-14-20(23(29)30-5)15(2)24-21(14)22(28)16(3)25-10-12-26(13-11-25)19-8-6-18(7-9-19)17(4)27/h6-9,16,24H,10-13H2,1-5H3/t16-/m1/s1. The molecule has 2 aromatic rings. The molecule has 160 valence electrons. The van der Waals surface area contributed by atoms with Crippen LogP contribution in [0.4, 0.5) is 5.69 Å². The van der Waals surface area contributed by atoms with Crippen molar-refractivity contribution in [2.24, 2.45) is 0 Å². The van der Waals surface area contributed by atoms with Gasteiger partial charge in [0, 0.05) is 43.1 Å². The second-order valence-electron chi connectivity index (χ2n) is 7.78. The molecule has 2 heterocycles. The summed E-state index contributed by atoms with van der Waals surface area (Å²) < 4.78 is 4.84. The van der Waals surface area contributed by atoms with Gasteiger partial charge in [0.1, 0.15) is 0 Å². The minimum absolute atomic E-state index is 0.0231. The molecule has 0 amide bonds. The molecule has 3 rings (SSSR count). The van der Waals surface area contributed by atoms with E-state index in [9.17, 15) is 14.4 Å². The van der Waals surface area contributed by atoms with E-state index in [1.54, 1.807) is 20.8 Å². The van der Waals surface area contributed by atoms with Gasteiger partial charge >= 0.3 is 5.97 Å². The maximum Gasteiger partial charge on any atom is 0.339 e. The van der Waals surface area contributed by atoms with E-state index in [0.717, 1.165) is 31.9 Å². The number of aromatic nitrogens is 1. The van der Waals surface area contributed by atoms with Gasteiger partial charge in [-0.25, -0.2) is 4.79 Å². The monoisotopic (exact) mass is 411 g/mol. The van der Waals surface area contributed by atoms with E-state index in [4.69, 9.17) is 4.74 Å². The van der Waals surface area contributed by atoms with Crippen molar-refractivity contribution in [3.8, 4) is 0 Å². The number of rotatable bonds is 6. The number of benzene rings is 1. The van der Waals surface area contributed by atoms with Gasteiger partial charge in [-0.15, -0.1) is 0 Å². The van der Waals surface area contributed by atoms with Gasteiger partial charge in [0.2, 0.25) is 0 Å². The average molecular weight is 412 g/mol. The molecule has 0 bridgehead atoms. The molecule has 0 aliphatic carbocycles. The molecule has 30 heavy (non-hydrogen) atoms. The third kappa shape index (κ3) is 4.16. The molecular formula is C23H29N3O4. The molecule has 1 fully saturated rings. The van der Waals surface area contributed by atoms with Crippen LogP contribution in [-0.4, -0.2) is 66.8 Å². The van der Waals surface area contributed by atoms with Gasteiger partial charge in [0.25, 0.3) is 0 Å². The molecule has 1 atom stereocenters. The SMILES string of the molecule is COC(=O)c1c(C)[nH]c(C(=O)[C@@H](C)N2CCN(c3ccc(C(C)=O)cc3)CC2)c1C. The molecule has 7 nitrogen and oxygen atoms in total. The van der Waals surface area contributed by atoms with Crippen molar-refractivity contribution in [3.05, 3.63) is 52.3 Å². The lowest BCUT2D eigenvalue weighted by molar-refractivity contribution is 0.0599. The third-order valence-electron chi connectivity index (χ3n) is 5.95. The summed E-state index contributed by atoms with van der Waals surface area (Å²) in [5.74, 6) is -0.397. The van der Waals surface area contributed by atoms with Crippen molar-refractivity contribution < 1.29 is 19.1 Å². The van der Waals surface area contributed by atoms with Crippen molar-refractivity contribution in [2.45, 2.75) is 33.7 Å². The fourth-order valence-corrected chi connectivity index (χ4v) is 4.05.